The highest BCUT2D eigenvalue weighted by molar-refractivity contribution is 7.16. The number of rotatable bonds is 4. The summed E-state index contributed by atoms with van der Waals surface area (Å²) < 4.78 is 1.90. The maximum absolute atomic E-state index is 12.1. The van der Waals surface area contributed by atoms with E-state index in [1.807, 2.05) is 53.7 Å². The number of aromatic amines is 1. The molecule has 4 rings (SSSR count). The highest BCUT2D eigenvalue weighted by Gasteiger charge is 2.07. The molecule has 0 saturated carbocycles. The van der Waals surface area contributed by atoms with Crippen LogP contribution in [-0.4, -0.2) is 19.7 Å². The van der Waals surface area contributed by atoms with Crippen molar-refractivity contribution in [2.24, 2.45) is 0 Å². The van der Waals surface area contributed by atoms with Gasteiger partial charge in [0.1, 0.15) is 10.7 Å². The first kappa shape index (κ1) is 15.5. The van der Waals surface area contributed by atoms with Crippen molar-refractivity contribution in [3.05, 3.63) is 81.5 Å². The third kappa shape index (κ3) is 3.29. The highest BCUT2D eigenvalue weighted by Crippen LogP contribution is 2.18. The molecule has 1 N–H and O–H groups in total. The number of fused-ring (bicyclic) bond motifs is 1. The SMILES string of the molecule is C/C(=C\c1cnn(Cc2ccccc2)c1)c1nc2sccc2c(=O)[nH]1. The fourth-order valence-corrected chi connectivity index (χ4v) is 3.45. The topological polar surface area (TPSA) is 63.6 Å². The van der Waals surface area contributed by atoms with Crippen LogP contribution in [0.2, 0.25) is 0 Å². The van der Waals surface area contributed by atoms with Gasteiger partial charge in [0.2, 0.25) is 0 Å². The van der Waals surface area contributed by atoms with Crippen molar-refractivity contribution >= 4 is 33.2 Å². The minimum absolute atomic E-state index is 0.103. The number of benzene rings is 1. The Morgan fingerprint density at radius 3 is 2.96 bits per heavy atom. The molecule has 3 aromatic heterocycles. The van der Waals surface area contributed by atoms with E-state index in [-0.39, 0.29) is 5.56 Å². The number of hydrogen-bond acceptors (Lipinski definition) is 4. The van der Waals surface area contributed by atoms with Crippen molar-refractivity contribution in [3.63, 3.8) is 0 Å². The normalized spacial score (nSPS) is 12.0. The van der Waals surface area contributed by atoms with E-state index in [0.717, 1.165) is 22.5 Å². The average Bonchev–Trinajstić information content (AvgIpc) is 3.25. The molecule has 4 aromatic rings. The summed E-state index contributed by atoms with van der Waals surface area (Å²) in [6.07, 6.45) is 5.78. The van der Waals surface area contributed by atoms with Crippen LogP contribution in [0.15, 0.2) is 59.0 Å². The van der Waals surface area contributed by atoms with Gasteiger partial charge in [-0.1, -0.05) is 30.3 Å². The molecular weight excluding hydrogens is 332 g/mol. The minimum atomic E-state index is -0.103. The molecule has 0 radical (unpaired) electrons. The Bertz CT molecular complexity index is 1110. The van der Waals surface area contributed by atoms with Gasteiger partial charge in [-0.25, -0.2) is 4.98 Å². The van der Waals surface area contributed by atoms with Crippen LogP contribution in [0.1, 0.15) is 23.9 Å². The largest absolute Gasteiger partial charge is 0.306 e. The first-order chi connectivity index (χ1) is 12.2. The first-order valence-electron chi connectivity index (χ1n) is 7.91. The van der Waals surface area contributed by atoms with Crippen molar-refractivity contribution in [2.45, 2.75) is 13.5 Å². The van der Waals surface area contributed by atoms with E-state index < -0.39 is 0 Å². The van der Waals surface area contributed by atoms with Crippen LogP contribution < -0.4 is 5.56 Å². The molecule has 0 bridgehead atoms. The van der Waals surface area contributed by atoms with Crippen molar-refractivity contribution in [1.29, 1.82) is 0 Å². The standard InChI is InChI=1S/C19H16N4OS/c1-13(17-21-18(24)16-7-8-25-19(16)22-17)9-15-10-20-23(12-15)11-14-5-3-2-4-6-14/h2-10,12H,11H2,1H3,(H,21,22,24)/b13-9+. The molecule has 25 heavy (non-hydrogen) atoms. The summed E-state index contributed by atoms with van der Waals surface area (Å²) in [7, 11) is 0. The summed E-state index contributed by atoms with van der Waals surface area (Å²) in [6.45, 7) is 2.66. The number of H-pyrrole nitrogens is 1. The molecule has 0 atom stereocenters. The zero-order valence-corrected chi connectivity index (χ0v) is 14.5. The van der Waals surface area contributed by atoms with E-state index in [0.29, 0.717) is 11.2 Å². The third-order valence-electron chi connectivity index (χ3n) is 3.93. The second kappa shape index (κ2) is 6.49. The smallest absolute Gasteiger partial charge is 0.259 e. The van der Waals surface area contributed by atoms with Crippen LogP contribution in [0.3, 0.4) is 0 Å². The molecule has 1 aromatic carbocycles. The van der Waals surface area contributed by atoms with Crippen molar-refractivity contribution < 1.29 is 0 Å². The third-order valence-corrected chi connectivity index (χ3v) is 4.74. The number of thiophene rings is 1. The summed E-state index contributed by atoms with van der Waals surface area (Å²) >= 11 is 1.47. The van der Waals surface area contributed by atoms with Crippen molar-refractivity contribution in [1.82, 2.24) is 19.7 Å². The monoisotopic (exact) mass is 348 g/mol. The quantitative estimate of drug-likeness (QED) is 0.610. The van der Waals surface area contributed by atoms with Crippen LogP contribution in [0.25, 0.3) is 21.9 Å². The predicted molar refractivity (Wildman–Crippen MR) is 102 cm³/mol. The summed E-state index contributed by atoms with van der Waals surface area (Å²) in [5, 5.41) is 6.91. The van der Waals surface area contributed by atoms with Gasteiger partial charge in [0.15, 0.2) is 0 Å². The van der Waals surface area contributed by atoms with Gasteiger partial charge in [0.25, 0.3) is 5.56 Å². The molecule has 5 nitrogen and oxygen atoms in total. The maximum Gasteiger partial charge on any atom is 0.259 e. The van der Waals surface area contributed by atoms with Crippen LogP contribution >= 0.6 is 11.3 Å². The lowest BCUT2D eigenvalue weighted by atomic mass is 10.2. The number of hydrogen-bond donors (Lipinski definition) is 1. The van der Waals surface area contributed by atoms with Crippen LogP contribution in [0.4, 0.5) is 0 Å². The second-order valence-electron chi connectivity index (χ2n) is 5.84. The van der Waals surface area contributed by atoms with Gasteiger partial charge < -0.3 is 4.98 Å². The molecule has 0 aliphatic rings. The van der Waals surface area contributed by atoms with Gasteiger partial charge in [-0.05, 0) is 35.6 Å². The van der Waals surface area contributed by atoms with Gasteiger partial charge in [0.05, 0.1) is 18.1 Å². The summed E-state index contributed by atoms with van der Waals surface area (Å²) in [6, 6.07) is 12.0. The molecule has 6 heteroatoms. The fraction of sp³-hybridized carbons (Fsp3) is 0.105. The molecule has 0 fully saturated rings. The molecule has 0 amide bonds. The maximum atomic E-state index is 12.1. The molecule has 0 unspecified atom stereocenters. The molecule has 3 heterocycles. The highest BCUT2D eigenvalue weighted by atomic mass is 32.1. The van der Waals surface area contributed by atoms with Crippen LogP contribution in [0.5, 0.6) is 0 Å². The lowest BCUT2D eigenvalue weighted by Crippen LogP contribution is -2.09. The summed E-state index contributed by atoms with van der Waals surface area (Å²) in [5.41, 5.74) is 2.97. The van der Waals surface area contributed by atoms with E-state index in [9.17, 15) is 4.79 Å². The molecule has 0 spiro atoms. The molecule has 0 saturated heterocycles. The Kier molecular flexibility index (Phi) is 4.03. The van der Waals surface area contributed by atoms with Gasteiger partial charge in [-0.15, -0.1) is 11.3 Å². The zero-order chi connectivity index (χ0) is 17.2. The number of allylic oxidation sites excluding steroid dienone is 1. The summed E-state index contributed by atoms with van der Waals surface area (Å²) in [5.74, 6) is 0.593. The second-order valence-corrected chi connectivity index (χ2v) is 6.73. The molecular formula is C19H16N4OS. The Hall–Kier alpha value is -2.99. The Morgan fingerprint density at radius 2 is 2.12 bits per heavy atom. The first-order valence-corrected chi connectivity index (χ1v) is 8.79. The van der Waals surface area contributed by atoms with E-state index >= 15 is 0 Å². The number of aromatic nitrogens is 4. The Labute approximate surface area is 148 Å². The lowest BCUT2D eigenvalue weighted by molar-refractivity contribution is 0.687. The van der Waals surface area contributed by atoms with Crippen LogP contribution in [-0.2, 0) is 6.54 Å². The van der Waals surface area contributed by atoms with E-state index in [1.165, 1.54) is 16.9 Å². The van der Waals surface area contributed by atoms with Gasteiger partial charge in [-0.3, -0.25) is 9.48 Å². The number of nitrogens with one attached hydrogen (secondary N) is 1. The van der Waals surface area contributed by atoms with Crippen molar-refractivity contribution in [3.8, 4) is 0 Å². The van der Waals surface area contributed by atoms with Gasteiger partial charge in [0, 0.05) is 11.8 Å². The molecule has 0 aliphatic carbocycles. The summed E-state index contributed by atoms with van der Waals surface area (Å²) in [4.78, 5) is 20.2. The zero-order valence-electron chi connectivity index (χ0n) is 13.6. The molecule has 0 aliphatic heterocycles. The predicted octanol–water partition coefficient (Wildman–Crippen LogP) is 3.79. The Balaban J connectivity index is 1.60. The van der Waals surface area contributed by atoms with Gasteiger partial charge >= 0.3 is 0 Å². The molecule has 124 valence electrons. The van der Waals surface area contributed by atoms with E-state index in [2.05, 4.69) is 27.2 Å². The Morgan fingerprint density at radius 1 is 1.28 bits per heavy atom. The van der Waals surface area contributed by atoms with E-state index in [4.69, 9.17) is 0 Å². The van der Waals surface area contributed by atoms with Gasteiger partial charge in [-0.2, -0.15) is 5.10 Å². The number of nitrogens with zero attached hydrogens (tertiary/aromatic N) is 3. The van der Waals surface area contributed by atoms with E-state index in [1.54, 1.807) is 6.07 Å². The minimum Gasteiger partial charge on any atom is -0.306 e. The fourth-order valence-electron chi connectivity index (χ4n) is 2.68. The average molecular weight is 348 g/mol. The lowest BCUT2D eigenvalue weighted by Gasteiger charge is -2.01. The van der Waals surface area contributed by atoms with Crippen LogP contribution in [0, 0.1) is 0 Å². The van der Waals surface area contributed by atoms with Crippen molar-refractivity contribution in [2.75, 3.05) is 0 Å².